The lowest BCUT2D eigenvalue weighted by Crippen LogP contribution is -2.08. The fourth-order valence-electron chi connectivity index (χ4n) is 1.78. The number of benzene rings is 1. The van der Waals surface area contributed by atoms with Crippen LogP contribution in [0.3, 0.4) is 0 Å². The molecule has 3 nitrogen and oxygen atoms in total. The van der Waals surface area contributed by atoms with E-state index in [0.29, 0.717) is 11.3 Å². The largest absolute Gasteiger partial charge is 0.422 e. The molecular formula is C14H10ClF2NO2. The zero-order chi connectivity index (χ0) is 14.9. The van der Waals surface area contributed by atoms with Gasteiger partial charge in [-0.1, -0.05) is 11.6 Å². The molecule has 0 aliphatic carbocycles. The summed E-state index contributed by atoms with van der Waals surface area (Å²) in [5.41, 5.74) is 2.20. The Kier molecular flexibility index (Phi) is 3.99. The van der Waals surface area contributed by atoms with Gasteiger partial charge in [-0.15, -0.1) is 0 Å². The number of pyridine rings is 1. The smallest absolute Gasteiger partial charge is 0.337 e. The number of aromatic nitrogens is 1. The lowest BCUT2D eigenvalue weighted by Gasteiger charge is -2.12. The number of carbonyl (C=O) groups excluding carboxylic acids is 1. The standard InChI is InChI=1S/C14H10ClF2NO2/c1-7-8(2)18-10-4-3-9(16)13(17)12(10)14(7)20-11(19)5-6-15/h3-6H,1-2H3/b6-5+. The number of aryl methyl sites for hydroxylation is 1. The monoisotopic (exact) mass is 297 g/mol. The van der Waals surface area contributed by atoms with Crippen molar-refractivity contribution in [1.29, 1.82) is 0 Å². The average Bonchev–Trinajstić information content (AvgIpc) is 2.40. The molecule has 0 fully saturated rings. The van der Waals surface area contributed by atoms with Crippen molar-refractivity contribution >= 4 is 28.5 Å². The Morgan fingerprint density at radius 1 is 1.35 bits per heavy atom. The Bertz CT molecular complexity index is 729. The van der Waals surface area contributed by atoms with Crippen LogP contribution in [0.25, 0.3) is 10.9 Å². The highest BCUT2D eigenvalue weighted by molar-refractivity contribution is 6.26. The Morgan fingerprint density at radius 2 is 2.05 bits per heavy atom. The van der Waals surface area contributed by atoms with Gasteiger partial charge >= 0.3 is 5.97 Å². The highest BCUT2D eigenvalue weighted by atomic mass is 35.5. The van der Waals surface area contributed by atoms with Gasteiger partial charge in [0.1, 0.15) is 5.75 Å². The summed E-state index contributed by atoms with van der Waals surface area (Å²) in [6.07, 6.45) is 0.972. The van der Waals surface area contributed by atoms with Crippen molar-refractivity contribution in [2.24, 2.45) is 0 Å². The van der Waals surface area contributed by atoms with Crippen molar-refractivity contribution in [3.63, 3.8) is 0 Å². The summed E-state index contributed by atoms with van der Waals surface area (Å²) in [6, 6.07) is 2.30. The van der Waals surface area contributed by atoms with Crippen molar-refractivity contribution < 1.29 is 18.3 Å². The average molecular weight is 298 g/mol. The first-order valence-electron chi connectivity index (χ1n) is 5.69. The van der Waals surface area contributed by atoms with E-state index < -0.39 is 17.6 Å². The maximum absolute atomic E-state index is 14.0. The summed E-state index contributed by atoms with van der Waals surface area (Å²) in [7, 11) is 0. The van der Waals surface area contributed by atoms with Crippen LogP contribution in [-0.4, -0.2) is 11.0 Å². The van der Waals surface area contributed by atoms with Gasteiger partial charge in [-0.2, -0.15) is 0 Å². The molecule has 2 rings (SSSR count). The van der Waals surface area contributed by atoms with Gasteiger partial charge in [0.25, 0.3) is 0 Å². The van der Waals surface area contributed by atoms with Crippen LogP contribution in [0.1, 0.15) is 11.3 Å². The number of esters is 1. The fourth-order valence-corrected chi connectivity index (χ4v) is 1.88. The van der Waals surface area contributed by atoms with E-state index in [2.05, 4.69) is 4.98 Å². The fraction of sp³-hybridized carbons (Fsp3) is 0.143. The highest BCUT2D eigenvalue weighted by Gasteiger charge is 2.19. The highest BCUT2D eigenvalue weighted by Crippen LogP contribution is 2.33. The van der Waals surface area contributed by atoms with Crippen molar-refractivity contribution in [2.45, 2.75) is 13.8 Å². The van der Waals surface area contributed by atoms with Gasteiger partial charge in [0.05, 0.1) is 10.9 Å². The van der Waals surface area contributed by atoms with E-state index in [1.807, 2.05) is 0 Å². The van der Waals surface area contributed by atoms with E-state index in [0.717, 1.165) is 17.7 Å². The molecule has 0 amide bonds. The molecule has 0 saturated heterocycles. The molecule has 0 aliphatic rings. The van der Waals surface area contributed by atoms with E-state index in [4.69, 9.17) is 16.3 Å². The van der Waals surface area contributed by atoms with E-state index in [9.17, 15) is 13.6 Å². The topological polar surface area (TPSA) is 39.2 Å². The van der Waals surface area contributed by atoms with Crippen LogP contribution in [0, 0.1) is 25.5 Å². The van der Waals surface area contributed by atoms with Gasteiger partial charge < -0.3 is 4.74 Å². The number of fused-ring (bicyclic) bond motifs is 1. The molecule has 0 radical (unpaired) electrons. The number of hydrogen-bond donors (Lipinski definition) is 0. The summed E-state index contributed by atoms with van der Waals surface area (Å²) in [6.45, 7) is 3.30. The molecule has 1 aromatic carbocycles. The van der Waals surface area contributed by atoms with Crippen LogP contribution in [-0.2, 0) is 4.79 Å². The third-order valence-electron chi connectivity index (χ3n) is 2.87. The maximum atomic E-state index is 14.0. The molecule has 0 spiro atoms. The summed E-state index contributed by atoms with van der Waals surface area (Å²) < 4.78 is 32.4. The van der Waals surface area contributed by atoms with E-state index in [1.165, 1.54) is 6.07 Å². The molecule has 0 N–H and O–H groups in total. The second-order valence-electron chi connectivity index (χ2n) is 4.12. The second kappa shape index (κ2) is 5.54. The second-order valence-corrected chi connectivity index (χ2v) is 4.37. The quantitative estimate of drug-likeness (QED) is 0.625. The predicted molar refractivity (Wildman–Crippen MR) is 71.8 cm³/mol. The van der Waals surface area contributed by atoms with Gasteiger partial charge in [-0.3, -0.25) is 4.98 Å². The van der Waals surface area contributed by atoms with Gasteiger partial charge in [0, 0.05) is 22.9 Å². The normalized spacial score (nSPS) is 11.2. The van der Waals surface area contributed by atoms with Crippen molar-refractivity contribution in [3.8, 4) is 5.75 Å². The molecule has 0 unspecified atom stereocenters. The van der Waals surface area contributed by atoms with Crippen molar-refractivity contribution in [2.75, 3.05) is 0 Å². The molecule has 0 aliphatic heterocycles. The third-order valence-corrected chi connectivity index (χ3v) is 3.00. The van der Waals surface area contributed by atoms with Crippen LogP contribution in [0.5, 0.6) is 5.75 Å². The molecule has 0 bridgehead atoms. The Hall–Kier alpha value is -2.01. The Morgan fingerprint density at radius 3 is 2.70 bits per heavy atom. The van der Waals surface area contributed by atoms with Crippen molar-refractivity contribution in [3.05, 3.63) is 46.6 Å². The number of nitrogens with zero attached hydrogens (tertiary/aromatic N) is 1. The molecular weight excluding hydrogens is 288 g/mol. The van der Waals surface area contributed by atoms with Crippen LogP contribution in [0.15, 0.2) is 23.7 Å². The first-order chi connectivity index (χ1) is 9.45. The Labute approximate surface area is 118 Å². The zero-order valence-electron chi connectivity index (χ0n) is 10.7. The molecule has 0 saturated carbocycles. The van der Waals surface area contributed by atoms with Crippen LogP contribution in [0.2, 0.25) is 0 Å². The minimum Gasteiger partial charge on any atom is -0.422 e. The first-order valence-corrected chi connectivity index (χ1v) is 6.12. The SMILES string of the molecule is Cc1nc2ccc(F)c(F)c2c(OC(=O)/C=C/Cl)c1C. The molecule has 104 valence electrons. The number of carbonyl (C=O) groups is 1. The van der Waals surface area contributed by atoms with Crippen LogP contribution in [0.4, 0.5) is 8.78 Å². The summed E-state index contributed by atoms with van der Waals surface area (Å²) in [4.78, 5) is 15.6. The first kappa shape index (κ1) is 14.4. The van der Waals surface area contributed by atoms with Gasteiger partial charge in [0.15, 0.2) is 11.6 Å². The van der Waals surface area contributed by atoms with E-state index in [-0.39, 0.29) is 16.7 Å². The number of rotatable bonds is 2. The number of halogens is 3. The van der Waals surface area contributed by atoms with E-state index in [1.54, 1.807) is 13.8 Å². The van der Waals surface area contributed by atoms with Crippen LogP contribution >= 0.6 is 11.6 Å². The third kappa shape index (κ3) is 2.49. The van der Waals surface area contributed by atoms with Gasteiger partial charge in [-0.25, -0.2) is 13.6 Å². The molecule has 20 heavy (non-hydrogen) atoms. The minimum absolute atomic E-state index is 0.0516. The van der Waals surface area contributed by atoms with Crippen LogP contribution < -0.4 is 4.74 Å². The summed E-state index contributed by atoms with van der Waals surface area (Å²) in [5, 5.41) is -0.163. The number of ether oxygens (including phenoxy) is 1. The van der Waals surface area contributed by atoms with Crippen molar-refractivity contribution in [1.82, 2.24) is 4.98 Å². The zero-order valence-corrected chi connectivity index (χ0v) is 11.5. The maximum Gasteiger partial charge on any atom is 0.337 e. The molecule has 1 aromatic heterocycles. The Balaban J connectivity index is 2.75. The molecule has 6 heteroatoms. The lowest BCUT2D eigenvalue weighted by molar-refractivity contribution is -0.128. The molecule has 1 heterocycles. The number of hydrogen-bond acceptors (Lipinski definition) is 3. The van der Waals surface area contributed by atoms with E-state index >= 15 is 0 Å². The summed E-state index contributed by atoms with van der Waals surface area (Å²) in [5.74, 6) is -2.97. The lowest BCUT2D eigenvalue weighted by atomic mass is 10.1. The molecule has 2 aromatic rings. The van der Waals surface area contributed by atoms with Gasteiger partial charge in [-0.05, 0) is 26.0 Å². The summed E-state index contributed by atoms with van der Waals surface area (Å²) >= 11 is 5.28. The minimum atomic E-state index is -1.10. The van der Waals surface area contributed by atoms with Gasteiger partial charge in [0.2, 0.25) is 0 Å². The predicted octanol–water partition coefficient (Wildman–Crippen LogP) is 3.79. The molecule has 0 atom stereocenters.